The molecular weight excluding hydrogens is 352 g/mol. The van der Waals surface area contributed by atoms with Gasteiger partial charge in [-0.25, -0.2) is 9.89 Å². The van der Waals surface area contributed by atoms with Gasteiger partial charge in [0.15, 0.2) is 5.16 Å². The van der Waals surface area contributed by atoms with Crippen LogP contribution in [-0.4, -0.2) is 36.2 Å². The number of aryl methyl sites for hydroxylation is 2. The van der Waals surface area contributed by atoms with E-state index in [1.54, 1.807) is 4.68 Å². The minimum atomic E-state index is -0.296. The average molecular weight is 372 g/mol. The van der Waals surface area contributed by atoms with Gasteiger partial charge in [0.25, 0.3) is 0 Å². The largest absolute Gasteiger partial charge is 0.344 e. The molecule has 0 spiro atoms. The quantitative estimate of drug-likeness (QED) is 0.642. The number of nitrogens with one attached hydrogen (secondary N) is 2. The maximum atomic E-state index is 12.3. The van der Waals surface area contributed by atoms with Gasteiger partial charge in [0.2, 0.25) is 5.91 Å². The van der Waals surface area contributed by atoms with Crippen molar-refractivity contribution >= 4 is 23.4 Å². The van der Waals surface area contributed by atoms with Crippen molar-refractivity contribution in [2.45, 2.75) is 25.5 Å². The number of benzene rings is 1. The Hall–Kier alpha value is -2.81. The van der Waals surface area contributed by atoms with Crippen molar-refractivity contribution in [3.8, 4) is 0 Å². The van der Waals surface area contributed by atoms with E-state index in [0.717, 1.165) is 22.6 Å². The maximum absolute atomic E-state index is 12.3. The molecule has 3 rings (SSSR count). The van der Waals surface area contributed by atoms with Crippen LogP contribution in [0.3, 0.4) is 0 Å². The fraction of sp³-hybridized carbons (Fsp3) is 0.294. The van der Waals surface area contributed by atoms with Crippen molar-refractivity contribution in [2.24, 2.45) is 7.05 Å². The first-order valence-electron chi connectivity index (χ1n) is 8.07. The third-order valence-electron chi connectivity index (χ3n) is 4.01. The second-order valence-corrected chi connectivity index (χ2v) is 6.83. The summed E-state index contributed by atoms with van der Waals surface area (Å²) in [6.45, 7) is 4.15. The zero-order chi connectivity index (χ0) is 18.7. The normalized spacial score (nSPS) is 10.9. The van der Waals surface area contributed by atoms with Gasteiger partial charge in [-0.3, -0.25) is 14.0 Å². The Morgan fingerprint density at radius 3 is 2.65 bits per heavy atom. The van der Waals surface area contributed by atoms with Gasteiger partial charge < -0.3 is 5.32 Å². The molecule has 0 aliphatic rings. The topological polar surface area (TPSA) is 97.6 Å². The van der Waals surface area contributed by atoms with Crippen LogP contribution in [0, 0.1) is 13.8 Å². The van der Waals surface area contributed by atoms with Gasteiger partial charge in [-0.15, -0.1) is 5.10 Å². The van der Waals surface area contributed by atoms with E-state index in [1.807, 2.05) is 51.2 Å². The molecule has 0 aliphatic carbocycles. The van der Waals surface area contributed by atoms with E-state index >= 15 is 0 Å². The van der Waals surface area contributed by atoms with E-state index in [-0.39, 0.29) is 17.3 Å². The van der Waals surface area contributed by atoms with Gasteiger partial charge in [0, 0.05) is 7.05 Å². The van der Waals surface area contributed by atoms with Crippen molar-refractivity contribution < 1.29 is 4.79 Å². The maximum Gasteiger partial charge on any atom is 0.344 e. The lowest BCUT2D eigenvalue weighted by molar-refractivity contribution is -0.113. The molecule has 2 heterocycles. The van der Waals surface area contributed by atoms with Gasteiger partial charge in [-0.1, -0.05) is 42.1 Å². The Balaban J connectivity index is 1.66. The first-order valence-corrected chi connectivity index (χ1v) is 9.06. The number of anilines is 1. The Labute approximate surface area is 154 Å². The zero-order valence-corrected chi connectivity index (χ0v) is 15.6. The lowest BCUT2D eigenvalue weighted by atomic mass is 10.2. The molecule has 0 atom stereocenters. The SMILES string of the molecule is Cc1nn(C)c(C)c1NC(=O)CSc1n[nH]c(=O)n1Cc1ccccc1. The molecule has 8 nitrogen and oxygen atoms in total. The van der Waals surface area contributed by atoms with Crippen molar-refractivity contribution in [1.82, 2.24) is 24.5 Å². The molecule has 0 saturated heterocycles. The summed E-state index contributed by atoms with van der Waals surface area (Å²) in [6.07, 6.45) is 0. The Bertz CT molecular complexity index is 973. The molecule has 136 valence electrons. The van der Waals surface area contributed by atoms with Gasteiger partial charge in [0.1, 0.15) is 0 Å². The molecule has 26 heavy (non-hydrogen) atoms. The van der Waals surface area contributed by atoms with Crippen molar-refractivity contribution in [1.29, 1.82) is 0 Å². The molecule has 2 aromatic heterocycles. The second kappa shape index (κ2) is 7.61. The predicted molar refractivity (Wildman–Crippen MR) is 100 cm³/mol. The number of hydrogen-bond donors (Lipinski definition) is 2. The highest BCUT2D eigenvalue weighted by Crippen LogP contribution is 2.20. The number of aromatic amines is 1. The molecule has 3 aromatic rings. The standard InChI is InChI=1S/C17H20N6O2S/c1-11-15(12(2)22(3)21-11)18-14(24)10-26-17-20-19-16(25)23(17)9-13-7-5-4-6-8-13/h4-8H,9-10H2,1-3H3,(H,18,24)(H,19,25). The van der Waals surface area contributed by atoms with Crippen LogP contribution >= 0.6 is 11.8 Å². The summed E-state index contributed by atoms with van der Waals surface area (Å²) in [5, 5.41) is 14.1. The van der Waals surface area contributed by atoms with Gasteiger partial charge in [0.05, 0.1) is 29.4 Å². The van der Waals surface area contributed by atoms with Crippen molar-refractivity contribution in [2.75, 3.05) is 11.1 Å². The smallest absolute Gasteiger partial charge is 0.322 e. The summed E-state index contributed by atoms with van der Waals surface area (Å²) < 4.78 is 3.25. The highest BCUT2D eigenvalue weighted by Gasteiger charge is 2.15. The summed E-state index contributed by atoms with van der Waals surface area (Å²) >= 11 is 1.21. The molecule has 0 fully saturated rings. The number of carbonyl (C=O) groups is 1. The molecule has 9 heteroatoms. The van der Waals surface area contributed by atoms with Crippen LogP contribution in [0.4, 0.5) is 5.69 Å². The van der Waals surface area contributed by atoms with Crippen LogP contribution in [-0.2, 0) is 18.4 Å². The highest BCUT2D eigenvalue weighted by atomic mass is 32.2. The van der Waals surface area contributed by atoms with Gasteiger partial charge in [-0.2, -0.15) is 5.10 Å². The number of nitrogens with zero attached hydrogens (tertiary/aromatic N) is 4. The van der Waals surface area contributed by atoms with Crippen LogP contribution in [0.25, 0.3) is 0 Å². The first-order chi connectivity index (χ1) is 12.5. The molecule has 2 N–H and O–H groups in total. The van der Waals surface area contributed by atoms with Crippen molar-refractivity contribution in [3.05, 3.63) is 57.8 Å². The third kappa shape index (κ3) is 3.88. The summed E-state index contributed by atoms with van der Waals surface area (Å²) in [6, 6.07) is 9.63. The second-order valence-electron chi connectivity index (χ2n) is 5.89. The minimum Gasteiger partial charge on any atom is -0.322 e. The van der Waals surface area contributed by atoms with Gasteiger partial charge in [-0.05, 0) is 19.4 Å². The monoisotopic (exact) mass is 372 g/mol. The molecular formula is C17H20N6O2S. The number of carbonyl (C=O) groups excluding carboxylic acids is 1. The molecule has 0 saturated carbocycles. The Morgan fingerprint density at radius 2 is 2.00 bits per heavy atom. The number of thioether (sulfide) groups is 1. The van der Waals surface area contributed by atoms with Crippen LogP contribution in [0.15, 0.2) is 40.3 Å². The van der Waals surface area contributed by atoms with Gasteiger partial charge >= 0.3 is 5.69 Å². The van der Waals surface area contributed by atoms with Crippen LogP contribution in [0.2, 0.25) is 0 Å². The number of aromatic nitrogens is 5. The summed E-state index contributed by atoms with van der Waals surface area (Å²) in [7, 11) is 1.83. The number of rotatable bonds is 6. The van der Waals surface area contributed by atoms with E-state index in [4.69, 9.17) is 0 Å². The first kappa shape index (κ1) is 18.0. The molecule has 1 aromatic carbocycles. The molecule has 0 radical (unpaired) electrons. The number of H-pyrrole nitrogens is 1. The average Bonchev–Trinajstić information content (AvgIpc) is 3.08. The van der Waals surface area contributed by atoms with Crippen LogP contribution < -0.4 is 11.0 Å². The lowest BCUT2D eigenvalue weighted by Gasteiger charge is -2.07. The number of hydrogen-bond acceptors (Lipinski definition) is 5. The van der Waals surface area contributed by atoms with E-state index < -0.39 is 0 Å². The summed E-state index contributed by atoms with van der Waals surface area (Å²) in [5.74, 6) is -0.0248. The van der Waals surface area contributed by atoms with E-state index in [9.17, 15) is 9.59 Å². The van der Waals surface area contributed by atoms with Crippen LogP contribution in [0.5, 0.6) is 0 Å². The van der Waals surface area contributed by atoms with Crippen molar-refractivity contribution in [3.63, 3.8) is 0 Å². The summed E-state index contributed by atoms with van der Waals surface area (Å²) in [5.41, 5.74) is 3.08. The Kier molecular flexibility index (Phi) is 5.27. The third-order valence-corrected chi connectivity index (χ3v) is 4.99. The van der Waals surface area contributed by atoms with E-state index in [2.05, 4.69) is 20.6 Å². The summed E-state index contributed by atoms with van der Waals surface area (Å²) in [4.78, 5) is 24.3. The lowest BCUT2D eigenvalue weighted by Crippen LogP contribution is -2.19. The fourth-order valence-electron chi connectivity index (χ4n) is 2.58. The fourth-order valence-corrected chi connectivity index (χ4v) is 3.32. The van der Waals surface area contributed by atoms with E-state index in [1.165, 1.54) is 16.3 Å². The molecule has 0 unspecified atom stereocenters. The molecule has 0 bridgehead atoms. The molecule has 1 amide bonds. The van der Waals surface area contributed by atoms with Crippen LogP contribution in [0.1, 0.15) is 17.0 Å². The highest BCUT2D eigenvalue weighted by molar-refractivity contribution is 7.99. The zero-order valence-electron chi connectivity index (χ0n) is 14.8. The predicted octanol–water partition coefficient (Wildman–Crippen LogP) is 1.70. The number of amides is 1. The Morgan fingerprint density at radius 1 is 1.27 bits per heavy atom. The molecule has 0 aliphatic heterocycles. The van der Waals surface area contributed by atoms with E-state index in [0.29, 0.717) is 11.7 Å². The minimum absolute atomic E-state index is 0.146.